The van der Waals surface area contributed by atoms with E-state index in [1.54, 1.807) is 12.1 Å². The van der Waals surface area contributed by atoms with Gasteiger partial charge in [-0.25, -0.2) is 0 Å². The van der Waals surface area contributed by atoms with Crippen LogP contribution in [0.1, 0.15) is 5.56 Å². The average Bonchev–Trinajstić information content (AvgIpc) is 2.16. The summed E-state index contributed by atoms with van der Waals surface area (Å²) in [5.74, 6) is 0. The van der Waals surface area contributed by atoms with Gasteiger partial charge < -0.3 is 4.18 Å². The summed E-state index contributed by atoms with van der Waals surface area (Å²) in [6.07, 6.45) is 0.913. The second kappa shape index (κ2) is 4.48. The van der Waals surface area contributed by atoms with Crippen molar-refractivity contribution in [2.75, 3.05) is 0 Å². The number of aryl methyl sites for hydroxylation is 1. The van der Waals surface area contributed by atoms with Crippen molar-refractivity contribution in [1.82, 2.24) is 0 Å². The summed E-state index contributed by atoms with van der Waals surface area (Å²) in [6, 6.07) is 6.35. The predicted octanol–water partition coefficient (Wildman–Crippen LogP) is 2.41. The molecule has 0 unspecified atom stereocenters. The van der Waals surface area contributed by atoms with Crippen LogP contribution in [-0.4, -0.2) is 8.42 Å². The molecule has 0 saturated carbocycles. The average molecular weight is 233 g/mol. The van der Waals surface area contributed by atoms with Crippen molar-refractivity contribution in [3.05, 3.63) is 41.6 Å². The summed E-state index contributed by atoms with van der Waals surface area (Å²) < 4.78 is 27.2. The van der Waals surface area contributed by atoms with Crippen molar-refractivity contribution in [1.29, 1.82) is 0 Å². The summed E-state index contributed by atoms with van der Waals surface area (Å²) in [4.78, 5) is 0.109. The molecule has 0 heterocycles. The molecule has 0 aliphatic carbocycles. The molecule has 5 heteroatoms. The predicted molar refractivity (Wildman–Crippen MR) is 54.4 cm³/mol. The minimum absolute atomic E-state index is 0.109. The molecule has 76 valence electrons. The third-order valence-electron chi connectivity index (χ3n) is 1.54. The minimum atomic E-state index is -3.71. The summed E-state index contributed by atoms with van der Waals surface area (Å²) in [6.45, 7) is 1.87. The Kier molecular flexibility index (Phi) is 3.55. The van der Waals surface area contributed by atoms with Gasteiger partial charge in [-0.05, 0) is 19.1 Å². The summed E-state index contributed by atoms with van der Waals surface area (Å²) in [7, 11) is -3.71. The molecular weight excluding hydrogens is 224 g/mol. The van der Waals surface area contributed by atoms with E-state index < -0.39 is 10.1 Å². The first-order chi connectivity index (χ1) is 6.56. The zero-order valence-electron chi connectivity index (χ0n) is 7.48. The van der Waals surface area contributed by atoms with E-state index in [9.17, 15) is 8.42 Å². The van der Waals surface area contributed by atoms with Gasteiger partial charge in [0.05, 0.1) is 0 Å². The van der Waals surface area contributed by atoms with Crippen LogP contribution >= 0.6 is 11.6 Å². The van der Waals surface area contributed by atoms with E-state index in [1.165, 1.54) is 12.1 Å². The molecule has 0 aliphatic heterocycles. The Bertz CT molecular complexity index is 420. The van der Waals surface area contributed by atoms with Crippen molar-refractivity contribution in [2.24, 2.45) is 0 Å². The minimum Gasteiger partial charge on any atom is -0.386 e. The lowest BCUT2D eigenvalue weighted by Crippen LogP contribution is -2.01. The van der Waals surface area contributed by atoms with E-state index in [-0.39, 0.29) is 4.90 Å². The number of hydrogen-bond acceptors (Lipinski definition) is 3. The van der Waals surface area contributed by atoms with E-state index in [4.69, 9.17) is 11.6 Å². The normalized spacial score (nSPS) is 11.9. The largest absolute Gasteiger partial charge is 0.386 e. The van der Waals surface area contributed by atoms with E-state index in [2.05, 4.69) is 4.18 Å². The van der Waals surface area contributed by atoms with E-state index in [0.717, 1.165) is 17.4 Å². The van der Waals surface area contributed by atoms with Crippen molar-refractivity contribution in [3.8, 4) is 0 Å². The van der Waals surface area contributed by atoms with Crippen LogP contribution < -0.4 is 0 Å². The molecule has 0 aromatic heterocycles. The van der Waals surface area contributed by atoms with Crippen LogP contribution in [0.2, 0.25) is 0 Å². The number of benzene rings is 1. The third kappa shape index (κ3) is 2.75. The van der Waals surface area contributed by atoms with Gasteiger partial charge in [-0.3, -0.25) is 0 Å². The maximum Gasteiger partial charge on any atom is 0.338 e. The Hall–Kier alpha value is -1.00. The molecule has 0 bridgehead atoms. The zero-order chi connectivity index (χ0) is 10.6. The molecule has 0 amide bonds. The lowest BCUT2D eigenvalue weighted by atomic mass is 10.2. The highest BCUT2D eigenvalue weighted by atomic mass is 35.5. The van der Waals surface area contributed by atoms with Gasteiger partial charge in [0.15, 0.2) is 0 Å². The molecule has 0 N–H and O–H groups in total. The SMILES string of the molecule is Cc1ccc(S(=O)(=O)OC=CCl)cc1. The van der Waals surface area contributed by atoms with Gasteiger partial charge in [0.25, 0.3) is 0 Å². The monoisotopic (exact) mass is 232 g/mol. The fourth-order valence-corrected chi connectivity index (χ4v) is 1.75. The van der Waals surface area contributed by atoms with Crippen LogP contribution in [0.15, 0.2) is 41.0 Å². The van der Waals surface area contributed by atoms with Crippen LogP contribution in [0, 0.1) is 6.92 Å². The Morgan fingerprint density at radius 2 is 1.86 bits per heavy atom. The summed E-state index contributed by atoms with van der Waals surface area (Å²) in [5, 5.41) is 0. The van der Waals surface area contributed by atoms with Crippen LogP contribution in [0.25, 0.3) is 0 Å². The van der Waals surface area contributed by atoms with E-state index in [0.29, 0.717) is 0 Å². The first-order valence-corrected chi connectivity index (χ1v) is 5.66. The van der Waals surface area contributed by atoms with Crippen LogP contribution in [0.3, 0.4) is 0 Å². The van der Waals surface area contributed by atoms with Crippen LogP contribution in [-0.2, 0) is 14.3 Å². The lowest BCUT2D eigenvalue weighted by Gasteiger charge is -2.02. The highest BCUT2D eigenvalue weighted by Crippen LogP contribution is 2.13. The van der Waals surface area contributed by atoms with Gasteiger partial charge >= 0.3 is 10.1 Å². The smallest absolute Gasteiger partial charge is 0.338 e. The number of halogens is 1. The molecule has 1 aromatic carbocycles. The Morgan fingerprint density at radius 3 is 2.36 bits per heavy atom. The standard InChI is InChI=1S/C9H9ClO3S/c1-8-2-4-9(5-3-8)14(11,12)13-7-6-10/h2-7H,1H3. The highest BCUT2D eigenvalue weighted by Gasteiger charge is 2.12. The molecule has 0 atom stereocenters. The molecule has 3 nitrogen and oxygen atoms in total. The molecule has 0 spiro atoms. The molecule has 14 heavy (non-hydrogen) atoms. The highest BCUT2D eigenvalue weighted by molar-refractivity contribution is 7.86. The van der Waals surface area contributed by atoms with Crippen LogP contribution in [0.4, 0.5) is 0 Å². The second-order valence-electron chi connectivity index (χ2n) is 2.63. The van der Waals surface area contributed by atoms with Crippen molar-refractivity contribution >= 4 is 21.7 Å². The fourth-order valence-electron chi connectivity index (χ4n) is 0.855. The molecule has 0 fully saturated rings. The molecule has 0 radical (unpaired) electrons. The molecule has 0 saturated heterocycles. The lowest BCUT2D eigenvalue weighted by molar-refractivity contribution is 0.444. The van der Waals surface area contributed by atoms with Gasteiger partial charge in [0.1, 0.15) is 11.2 Å². The van der Waals surface area contributed by atoms with Crippen molar-refractivity contribution < 1.29 is 12.6 Å². The van der Waals surface area contributed by atoms with Crippen molar-refractivity contribution in [3.63, 3.8) is 0 Å². The summed E-state index contributed by atoms with van der Waals surface area (Å²) in [5.41, 5.74) is 1.97. The van der Waals surface area contributed by atoms with E-state index >= 15 is 0 Å². The molecule has 1 aromatic rings. The quantitative estimate of drug-likeness (QED) is 0.594. The molecule has 0 aliphatic rings. The van der Waals surface area contributed by atoms with E-state index in [1.807, 2.05) is 6.92 Å². The maximum atomic E-state index is 11.4. The first-order valence-electron chi connectivity index (χ1n) is 3.81. The second-order valence-corrected chi connectivity index (χ2v) is 4.45. The van der Waals surface area contributed by atoms with Gasteiger partial charge in [-0.2, -0.15) is 8.42 Å². The number of hydrogen-bond donors (Lipinski definition) is 0. The van der Waals surface area contributed by atoms with Gasteiger partial charge in [0.2, 0.25) is 0 Å². The first kappa shape index (κ1) is 11.1. The zero-order valence-corrected chi connectivity index (χ0v) is 9.05. The topological polar surface area (TPSA) is 43.4 Å². The number of rotatable bonds is 3. The van der Waals surface area contributed by atoms with Crippen molar-refractivity contribution in [2.45, 2.75) is 11.8 Å². The van der Waals surface area contributed by atoms with Gasteiger partial charge in [-0.1, -0.05) is 29.3 Å². The Labute approximate surface area is 88.1 Å². The molecule has 1 rings (SSSR count). The van der Waals surface area contributed by atoms with Crippen LogP contribution in [0.5, 0.6) is 0 Å². The maximum absolute atomic E-state index is 11.4. The fraction of sp³-hybridized carbons (Fsp3) is 0.111. The van der Waals surface area contributed by atoms with Gasteiger partial charge in [-0.15, -0.1) is 0 Å². The van der Waals surface area contributed by atoms with Gasteiger partial charge in [0, 0.05) is 5.54 Å². The Morgan fingerprint density at radius 1 is 1.29 bits per heavy atom. The Balaban J connectivity index is 2.99. The summed E-state index contributed by atoms with van der Waals surface area (Å²) >= 11 is 5.15. The molecular formula is C9H9ClO3S. The third-order valence-corrected chi connectivity index (χ3v) is 2.86.